The highest BCUT2D eigenvalue weighted by Crippen LogP contribution is 2.46. The Kier molecular flexibility index (Phi) is 9.25. The Balaban J connectivity index is 1.52. The smallest absolute Gasteiger partial charge is 0.264 e. The third-order valence-electron chi connectivity index (χ3n) is 6.78. The lowest BCUT2D eigenvalue weighted by molar-refractivity contribution is -0.139. The summed E-state index contributed by atoms with van der Waals surface area (Å²) in [7, 11) is 0. The van der Waals surface area contributed by atoms with Gasteiger partial charge in [0, 0.05) is 39.6 Å². The van der Waals surface area contributed by atoms with Crippen LogP contribution in [0.15, 0.2) is 84.9 Å². The summed E-state index contributed by atoms with van der Waals surface area (Å²) in [5.74, 6) is -1.20. The van der Waals surface area contributed by atoms with Crippen LogP contribution in [0.5, 0.6) is 0 Å². The predicted octanol–water partition coefficient (Wildman–Crippen LogP) is 5.28. The van der Waals surface area contributed by atoms with Gasteiger partial charge in [-0.05, 0) is 64.0 Å². The minimum absolute atomic E-state index is 0.0794. The maximum atomic E-state index is 13.7. The fourth-order valence-corrected chi connectivity index (χ4v) is 5.53. The lowest BCUT2D eigenvalue weighted by Gasteiger charge is -2.28. The second kappa shape index (κ2) is 12.4. The fraction of sp³-hybridized carbons (Fsp3) is 0.267. The minimum Gasteiger partial charge on any atom is -0.395 e. The van der Waals surface area contributed by atoms with E-state index in [1.54, 1.807) is 47.1 Å². The molecule has 0 aliphatic carbocycles. The summed E-state index contributed by atoms with van der Waals surface area (Å²) in [5, 5.41) is 21.7. The molecule has 3 aromatic carbocycles. The second-order valence-electron chi connectivity index (χ2n) is 9.39. The van der Waals surface area contributed by atoms with Gasteiger partial charge in [-0.25, -0.2) is 0 Å². The van der Waals surface area contributed by atoms with Crippen LogP contribution in [0, 0.1) is 9.49 Å². The molecule has 0 aromatic heterocycles. The number of aliphatic hydroxyl groups is 2. The van der Waals surface area contributed by atoms with Gasteiger partial charge in [-0.15, -0.1) is 0 Å². The van der Waals surface area contributed by atoms with Gasteiger partial charge in [0.15, 0.2) is 5.60 Å². The van der Waals surface area contributed by atoms with Gasteiger partial charge in [0.1, 0.15) is 0 Å². The van der Waals surface area contributed by atoms with E-state index in [4.69, 9.17) is 11.6 Å². The molecule has 2 N–H and O–H groups in total. The van der Waals surface area contributed by atoms with Gasteiger partial charge >= 0.3 is 0 Å². The Bertz CT molecular complexity index is 1330. The molecule has 6 nitrogen and oxygen atoms in total. The number of nitrogens with zero attached hydrogens (tertiary/aromatic N) is 2. The third kappa shape index (κ3) is 6.12. The average molecular weight is 645 g/mol. The van der Waals surface area contributed by atoms with Gasteiger partial charge in [-0.1, -0.05) is 73.1 Å². The second-order valence-corrected chi connectivity index (χ2v) is 11.1. The summed E-state index contributed by atoms with van der Waals surface area (Å²) in [6, 6.07) is 22.6. The highest BCUT2D eigenvalue weighted by atomic mass is 127. The Morgan fingerprint density at radius 2 is 1.84 bits per heavy atom. The van der Waals surface area contributed by atoms with Crippen molar-refractivity contribution in [1.82, 2.24) is 4.90 Å². The van der Waals surface area contributed by atoms with E-state index in [1.165, 1.54) is 0 Å². The van der Waals surface area contributed by atoms with E-state index in [0.717, 1.165) is 14.7 Å². The minimum atomic E-state index is -1.82. The maximum absolute atomic E-state index is 13.7. The van der Waals surface area contributed by atoms with Gasteiger partial charge < -0.3 is 20.0 Å². The number of aliphatic hydroxyl groups excluding tert-OH is 1. The molecule has 0 fully saturated rings. The molecule has 38 heavy (non-hydrogen) atoms. The molecule has 2 amide bonds. The maximum Gasteiger partial charge on any atom is 0.264 e. The third-order valence-corrected chi connectivity index (χ3v) is 7.68. The van der Waals surface area contributed by atoms with E-state index in [1.807, 2.05) is 54.6 Å². The zero-order chi connectivity index (χ0) is 27.3. The first-order valence-electron chi connectivity index (χ1n) is 12.4. The van der Waals surface area contributed by atoms with Crippen LogP contribution in [0.1, 0.15) is 30.0 Å². The van der Waals surface area contributed by atoms with Gasteiger partial charge in [0.05, 0.1) is 18.8 Å². The number of rotatable bonds is 10. The number of hydrogen-bond donors (Lipinski definition) is 2. The van der Waals surface area contributed by atoms with Crippen LogP contribution in [0.3, 0.4) is 0 Å². The highest BCUT2D eigenvalue weighted by molar-refractivity contribution is 14.1. The van der Waals surface area contributed by atoms with Crippen molar-refractivity contribution in [2.45, 2.75) is 32.0 Å². The van der Waals surface area contributed by atoms with Crippen LogP contribution in [-0.2, 0) is 28.3 Å². The van der Waals surface area contributed by atoms with Crippen molar-refractivity contribution in [2.75, 3.05) is 18.1 Å². The van der Waals surface area contributed by atoms with Crippen molar-refractivity contribution in [3.63, 3.8) is 0 Å². The molecule has 0 saturated heterocycles. The largest absolute Gasteiger partial charge is 0.395 e. The topological polar surface area (TPSA) is 81.1 Å². The SMILES string of the molecule is C[C@H](/C=C/CC(=O)N(CCO)Cc1ccccc1)[C@@]1(O)C(=O)N(Cc2cccc(I)c2)c2ccc(Cl)cc21. The van der Waals surface area contributed by atoms with Crippen LogP contribution < -0.4 is 4.90 Å². The molecule has 0 radical (unpaired) electrons. The van der Waals surface area contributed by atoms with Crippen molar-refractivity contribution in [3.05, 3.63) is 110 Å². The quantitative estimate of drug-likeness (QED) is 0.233. The molecule has 1 heterocycles. The van der Waals surface area contributed by atoms with E-state index >= 15 is 0 Å². The Morgan fingerprint density at radius 1 is 1.11 bits per heavy atom. The van der Waals surface area contributed by atoms with Crippen LogP contribution in [0.4, 0.5) is 5.69 Å². The van der Waals surface area contributed by atoms with Crippen molar-refractivity contribution in [2.24, 2.45) is 5.92 Å². The van der Waals surface area contributed by atoms with Crippen LogP contribution in [0.2, 0.25) is 5.02 Å². The molecular formula is C30H30ClIN2O4. The lowest BCUT2D eigenvalue weighted by Crippen LogP contribution is -2.44. The molecule has 3 aromatic rings. The first-order chi connectivity index (χ1) is 18.2. The van der Waals surface area contributed by atoms with Gasteiger partial charge in [-0.3, -0.25) is 9.59 Å². The highest BCUT2D eigenvalue weighted by Gasteiger charge is 2.52. The van der Waals surface area contributed by atoms with Crippen LogP contribution in [0.25, 0.3) is 0 Å². The van der Waals surface area contributed by atoms with Gasteiger partial charge in [0.25, 0.3) is 5.91 Å². The van der Waals surface area contributed by atoms with E-state index < -0.39 is 17.4 Å². The van der Waals surface area contributed by atoms with Gasteiger partial charge in [0.2, 0.25) is 5.91 Å². The molecule has 0 spiro atoms. The first kappa shape index (κ1) is 28.3. The molecule has 1 aliphatic heterocycles. The molecule has 1 aliphatic rings. The van der Waals surface area contributed by atoms with E-state index in [-0.39, 0.29) is 25.5 Å². The molecular weight excluding hydrogens is 615 g/mol. The lowest BCUT2D eigenvalue weighted by atomic mass is 9.83. The number of halogens is 2. The number of fused-ring (bicyclic) bond motifs is 1. The summed E-state index contributed by atoms with van der Waals surface area (Å²) < 4.78 is 1.06. The molecule has 0 unspecified atom stereocenters. The van der Waals surface area contributed by atoms with Crippen molar-refractivity contribution >= 4 is 51.7 Å². The Morgan fingerprint density at radius 3 is 2.55 bits per heavy atom. The molecule has 8 heteroatoms. The zero-order valence-electron chi connectivity index (χ0n) is 21.1. The van der Waals surface area contributed by atoms with E-state index in [0.29, 0.717) is 29.4 Å². The summed E-state index contributed by atoms with van der Waals surface area (Å²) in [4.78, 5) is 29.8. The Hall–Kier alpha value is -2.72. The van der Waals surface area contributed by atoms with Crippen molar-refractivity contribution in [1.29, 1.82) is 0 Å². The van der Waals surface area contributed by atoms with Crippen molar-refractivity contribution in [3.8, 4) is 0 Å². The number of anilines is 1. The summed E-state index contributed by atoms with van der Waals surface area (Å²) in [5.41, 5.74) is 1.17. The number of benzene rings is 3. The Labute approximate surface area is 241 Å². The summed E-state index contributed by atoms with van der Waals surface area (Å²) in [6.45, 7) is 2.55. The number of carbonyl (C=O) groups excluding carboxylic acids is 2. The monoisotopic (exact) mass is 644 g/mol. The number of amides is 2. The first-order valence-corrected chi connectivity index (χ1v) is 13.9. The molecule has 0 saturated carbocycles. The fourth-order valence-electron chi connectivity index (χ4n) is 4.75. The molecule has 198 valence electrons. The molecule has 0 bridgehead atoms. The standard InChI is InChI=1S/C30H30ClIN2O4/c1-21(7-5-12-28(36)33(15-16-35)19-22-8-3-2-4-9-22)30(38)26-18-24(31)13-14-27(26)34(29(30)37)20-23-10-6-11-25(32)17-23/h2-11,13-14,17-18,21,35,38H,12,15-16,19-20H2,1H3/b7-5+/t21-,30+/m1/s1. The predicted molar refractivity (Wildman–Crippen MR) is 158 cm³/mol. The molecule has 4 rings (SSSR count). The average Bonchev–Trinajstić information content (AvgIpc) is 3.11. The van der Waals surface area contributed by atoms with E-state index in [2.05, 4.69) is 22.6 Å². The van der Waals surface area contributed by atoms with Crippen LogP contribution >= 0.6 is 34.2 Å². The van der Waals surface area contributed by atoms with E-state index in [9.17, 15) is 19.8 Å². The number of carbonyl (C=O) groups is 2. The summed E-state index contributed by atoms with van der Waals surface area (Å²) in [6.07, 6.45) is 3.46. The number of hydrogen-bond acceptors (Lipinski definition) is 4. The normalized spacial score (nSPS) is 17.6. The summed E-state index contributed by atoms with van der Waals surface area (Å²) >= 11 is 8.51. The van der Waals surface area contributed by atoms with Gasteiger partial charge in [-0.2, -0.15) is 0 Å². The zero-order valence-corrected chi connectivity index (χ0v) is 24.0. The van der Waals surface area contributed by atoms with Crippen molar-refractivity contribution < 1.29 is 19.8 Å². The van der Waals surface area contributed by atoms with Crippen LogP contribution in [-0.4, -0.2) is 40.1 Å². The molecule has 2 atom stereocenters.